The molecule has 0 aromatic heterocycles. The molecule has 1 unspecified atom stereocenters. The summed E-state index contributed by atoms with van der Waals surface area (Å²) >= 11 is 0. The van der Waals surface area contributed by atoms with Crippen LogP contribution >= 0.6 is 0 Å². The summed E-state index contributed by atoms with van der Waals surface area (Å²) in [5.41, 5.74) is 2.53. The lowest BCUT2D eigenvalue weighted by Gasteiger charge is -2.27. The molecular weight excluding hydrogens is 340 g/mol. The fourth-order valence-electron chi connectivity index (χ4n) is 3.37. The fourth-order valence-corrected chi connectivity index (χ4v) is 3.37. The van der Waals surface area contributed by atoms with Crippen molar-refractivity contribution < 1.29 is 9.59 Å². The molecule has 0 spiro atoms. The van der Waals surface area contributed by atoms with Crippen molar-refractivity contribution in [1.29, 1.82) is 0 Å². The van der Waals surface area contributed by atoms with E-state index >= 15 is 0 Å². The van der Waals surface area contributed by atoms with Crippen molar-refractivity contribution in [1.82, 2.24) is 20.0 Å². The second-order valence-corrected chi connectivity index (χ2v) is 8.06. The topological polar surface area (TPSA) is 55.9 Å². The van der Waals surface area contributed by atoms with Gasteiger partial charge in [0, 0.05) is 39.6 Å². The van der Waals surface area contributed by atoms with Crippen LogP contribution in [0.15, 0.2) is 24.3 Å². The summed E-state index contributed by atoms with van der Waals surface area (Å²) in [7, 11) is 5.84. The van der Waals surface area contributed by atoms with Gasteiger partial charge in [0.2, 0.25) is 5.91 Å². The standard InChI is InChI=1S/C21H34N4O2/c1-16(2)14-17-6-8-18(9-7-17)19(23(3)4)15-22-21(27)25-11-10-20(26)24(5)12-13-25/h6-9,16,19H,10-15H2,1-5H3,(H,22,27). The van der Waals surface area contributed by atoms with E-state index < -0.39 is 0 Å². The molecule has 0 bridgehead atoms. The van der Waals surface area contributed by atoms with Crippen LogP contribution in [0, 0.1) is 5.92 Å². The van der Waals surface area contributed by atoms with Crippen LogP contribution in [0.1, 0.15) is 37.4 Å². The van der Waals surface area contributed by atoms with Crippen LogP contribution in [0.5, 0.6) is 0 Å². The Kier molecular flexibility index (Phi) is 7.66. The maximum atomic E-state index is 12.6. The Hall–Kier alpha value is -2.08. The van der Waals surface area contributed by atoms with Crippen LogP contribution in [-0.4, -0.2) is 74.0 Å². The molecule has 1 atom stereocenters. The zero-order valence-corrected chi connectivity index (χ0v) is 17.4. The summed E-state index contributed by atoms with van der Waals surface area (Å²) in [5, 5.41) is 3.05. The van der Waals surface area contributed by atoms with E-state index in [9.17, 15) is 9.59 Å². The highest BCUT2D eigenvalue weighted by atomic mass is 16.2. The van der Waals surface area contributed by atoms with Crippen molar-refractivity contribution in [2.24, 2.45) is 5.92 Å². The van der Waals surface area contributed by atoms with Crippen molar-refractivity contribution in [3.8, 4) is 0 Å². The number of nitrogens with zero attached hydrogens (tertiary/aromatic N) is 3. The first-order chi connectivity index (χ1) is 12.8. The third kappa shape index (κ3) is 6.24. The number of carbonyl (C=O) groups is 2. The summed E-state index contributed by atoms with van der Waals surface area (Å²) in [5.74, 6) is 0.734. The second kappa shape index (κ2) is 9.74. The van der Waals surface area contributed by atoms with Gasteiger partial charge in [-0.05, 0) is 37.6 Å². The number of amides is 3. The zero-order valence-electron chi connectivity index (χ0n) is 17.4. The highest BCUT2D eigenvalue weighted by Crippen LogP contribution is 2.19. The van der Waals surface area contributed by atoms with E-state index in [0.717, 1.165) is 6.42 Å². The van der Waals surface area contributed by atoms with Crippen LogP contribution in [0.2, 0.25) is 0 Å². The minimum Gasteiger partial charge on any atom is -0.344 e. The number of rotatable bonds is 6. The molecule has 1 aliphatic heterocycles. The summed E-state index contributed by atoms with van der Waals surface area (Å²) in [6, 6.07) is 8.70. The predicted octanol–water partition coefficient (Wildman–Crippen LogP) is 2.36. The van der Waals surface area contributed by atoms with Gasteiger partial charge in [-0.25, -0.2) is 4.79 Å². The van der Waals surface area contributed by atoms with Crippen molar-refractivity contribution in [3.05, 3.63) is 35.4 Å². The number of hydrogen-bond acceptors (Lipinski definition) is 3. The lowest BCUT2D eigenvalue weighted by atomic mass is 9.99. The first-order valence-electron chi connectivity index (χ1n) is 9.80. The van der Waals surface area contributed by atoms with Crippen molar-refractivity contribution in [3.63, 3.8) is 0 Å². The van der Waals surface area contributed by atoms with Gasteiger partial charge in [-0.1, -0.05) is 38.1 Å². The lowest BCUT2D eigenvalue weighted by Crippen LogP contribution is -2.44. The average molecular weight is 375 g/mol. The number of likely N-dealkylation sites (N-methyl/N-ethyl adjacent to an activating group) is 2. The summed E-state index contributed by atoms with van der Waals surface area (Å²) in [6.07, 6.45) is 1.46. The molecule has 1 aromatic rings. The molecular formula is C21H34N4O2. The molecule has 1 aliphatic rings. The van der Waals surface area contributed by atoms with E-state index in [-0.39, 0.29) is 18.0 Å². The Morgan fingerprint density at radius 1 is 1.15 bits per heavy atom. The summed E-state index contributed by atoms with van der Waals surface area (Å²) in [6.45, 7) is 6.62. The summed E-state index contributed by atoms with van der Waals surface area (Å²) < 4.78 is 0. The van der Waals surface area contributed by atoms with Gasteiger partial charge in [-0.2, -0.15) is 0 Å². The van der Waals surface area contributed by atoms with E-state index in [1.807, 2.05) is 14.1 Å². The predicted molar refractivity (Wildman–Crippen MR) is 109 cm³/mol. The van der Waals surface area contributed by atoms with Gasteiger partial charge in [0.05, 0.1) is 6.04 Å². The third-order valence-corrected chi connectivity index (χ3v) is 5.09. The molecule has 6 nitrogen and oxygen atoms in total. The normalized spacial score (nSPS) is 16.6. The Morgan fingerprint density at radius 3 is 2.41 bits per heavy atom. The first kappa shape index (κ1) is 21.2. The number of hydrogen-bond donors (Lipinski definition) is 1. The van der Waals surface area contributed by atoms with Crippen LogP contribution in [0.25, 0.3) is 0 Å². The van der Waals surface area contributed by atoms with Gasteiger partial charge in [0.25, 0.3) is 0 Å². The smallest absolute Gasteiger partial charge is 0.317 e. The molecule has 1 saturated heterocycles. The van der Waals surface area contributed by atoms with Crippen LogP contribution in [0.4, 0.5) is 4.79 Å². The number of carbonyl (C=O) groups excluding carboxylic acids is 2. The molecule has 2 rings (SSSR count). The van der Waals surface area contributed by atoms with Crippen LogP contribution in [0.3, 0.4) is 0 Å². The summed E-state index contributed by atoms with van der Waals surface area (Å²) in [4.78, 5) is 29.9. The van der Waals surface area contributed by atoms with E-state index in [0.29, 0.717) is 38.5 Å². The van der Waals surface area contributed by atoms with Gasteiger partial charge in [0.15, 0.2) is 0 Å². The molecule has 0 aliphatic carbocycles. The first-order valence-corrected chi connectivity index (χ1v) is 9.80. The van der Waals surface area contributed by atoms with E-state index in [4.69, 9.17) is 0 Å². The van der Waals surface area contributed by atoms with Crippen molar-refractivity contribution in [2.75, 3.05) is 47.3 Å². The Bertz CT molecular complexity index is 628. The third-order valence-electron chi connectivity index (χ3n) is 5.09. The molecule has 6 heteroatoms. The minimum atomic E-state index is -0.0959. The van der Waals surface area contributed by atoms with Crippen LogP contribution < -0.4 is 5.32 Å². The molecule has 150 valence electrons. The monoisotopic (exact) mass is 374 g/mol. The highest BCUT2D eigenvalue weighted by molar-refractivity contribution is 5.79. The van der Waals surface area contributed by atoms with Gasteiger partial charge < -0.3 is 20.0 Å². The van der Waals surface area contributed by atoms with Gasteiger partial charge in [-0.15, -0.1) is 0 Å². The Morgan fingerprint density at radius 2 is 1.81 bits per heavy atom. The van der Waals surface area contributed by atoms with E-state index in [1.165, 1.54) is 11.1 Å². The molecule has 0 radical (unpaired) electrons. The maximum absolute atomic E-state index is 12.6. The lowest BCUT2D eigenvalue weighted by molar-refractivity contribution is -0.129. The number of nitrogens with one attached hydrogen (secondary N) is 1. The Balaban J connectivity index is 1.95. The highest BCUT2D eigenvalue weighted by Gasteiger charge is 2.23. The average Bonchev–Trinajstić information content (AvgIpc) is 2.77. The molecule has 1 aromatic carbocycles. The van der Waals surface area contributed by atoms with Crippen molar-refractivity contribution >= 4 is 11.9 Å². The molecule has 1 fully saturated rings. The molecule has 3 amide bonds. The minimum absolute atomic E-state index is 0.0953. The van der Waals surface area contributed by atoms with Crippen molar-refractivity contribution in [2.45, 2.75) is 32.7 Å². The molecule has 1 N–H and O–H groups in total. The van der Waals surface area contributed by atoms with E-state index in [1.54, 1.807) is 16.8 Å². The second-order valence-electron chi connectivity index (χ2n) is 8.06. The van der Waals surface area contributed by atoms with Gasteiger partial charge in [0.1, 0.15) is 0 Å². The number of urea groups is 1. The van der Waals surface area contributed by atoms with Gasteiger partial charge >= 0.3 is 6.03 Å². The molecule has 0 saturated carbocycles. The fraction of sp³-hybridized carbons (Fsp3) is 0.619. The van der Waals surface area contributed by atoms with Gasteiger partial charge in [-0.3, -0.25) is 4.79 Å². The maximum Gasteiger partial charge on any atom is 0.317 e. The quantitative estimate of drug-likeness (QED) is 0.832. The molecule has 27 heavy (non-hydrogen) atoms. The number of benzene rings is 1. The molecule has 1 heterocycles. The zero-order chi connectivity index (χ0) is 20.0. The Labute approximate surface area is 163 Å². The largest absolute Gasteiger partial charge is 0.344 e. The van der Waals surface area contributed by atoms with Crippen LogP contribution in [-0.2, 0) is 11.2 Å². The SMILES string of the molecule is CC(C)Cc1ccc(C(CNC(=O)N2CCC(=O)N(C)CC2)N(C)C)cc1. The van der Waals surface area contributed by atoms with E-state index in [2.05, 4.69) is 48.3 Å².